The number of anilines is 1. The molecular weight excluding hydrogens is 416 g/mol. The van der Waals surface area contributed by atoms with E-state index in [4.69, 9.17) is 9.57 Å². The second-order valence-corrected chi connectivity index (χ2v) is 7.31. The average Bonchev–Trinajstić information content (AvgIpc) is 3.34. The summed E-state index contributed by atoms with van der Waals surface area (Å²) in [6.07, 6.45) is -2.78. The lowest BCUT2D eigenvalue weighted by Gasteiger charge is -2.22. The number of aliphatic hydroxyl groups excluding tert-OH is 2. The van der Waals surface area contributed by atoms with Crippen LogP contribution in [0, 0.1) is 18.8 Å². The largest absolute Gasteiger partial charge is 0.385 e. The molecule has 4 atom stereocenters. The molecule has 3 N–H and O–H groups in total. The first-order valence-electron chi connectivity index (χ1n) is 9.74. The molecule has 1 saturated heterocycles. The van der Waals surface area contributed by atoms with Gasteiger partial charge in [0.1, 0.15) is 12.2 Å². The van der Waals surface area contributed by atoms with Crippen molar-refractivity contribution in [3.8, 4) is 11.8 Å². The molecule has 11 nitrogen and oxygen atoms in total. The van der Waals surface area contributed by atoms with Crippen molar-refractivity contribution in [2.45, 2.75) is 31.6 Å². The van der Waals surface area contributed by atoms with Gasteiger partial charge in [0, 0.05) is 12.6 Å². The molecule has 32 heavy (non-hydrogen) atoms. The van der Waals surface area contributed by atoms with Gasteiger partial charge in [0.2, 0.25) is 12.2 Å². The summed E-state index contributed by atoms with van der Waals surface area (Å²) in [7, 11) is 2.88. The summed E-state index contributed by atoms with van der Waals surface area (Å²) in [4.78, 5) is 30.3. The van der Waals surface area contributed by atoms with E-state index in [1.807, 2.05) is 31.2 Å². The van der Waals surface area contributed by atoms with Crippen molar-refractivity contribution in [3.05, 3.63) is 47.5 Å². The van der Waals surface area contributed by atoms with Crippen molar-refractivity contribution in [3.63, 3.8) is 0 Å². The minimum Gasteiger partial charge on any atom is -0.385 e. The third-order valence-electron chi connectivity index (χ3n) is 5.05. The molecule has 1 amide bonds. The molecule has 2 aromatic heterocycles. The summed E-state index contributed by atoms with van der Waals surface area (Å²) in [6, 6.07) is 7.70. The maximum absolute atomic E-state index is 11.1. The number of aliphatic hydroxyl groups is 2. The normalized spacial score (nSPS) is 22.4. The van der Waals surface area contributed by atoms with Crippen molar-refractivity contribution in [2.24, 2.45) is 0 Å². The summed E-state index contributed by atoms with van der Waals surface area (Å²) in [6.45, 7) is 1.99. The number of aryl methyl sites for hydroxylation is 1. The lowest BCUT2D eigenvalue weighted by Crippen LogP contribution is -2.41. The van der Waals surface area contributed by atoms with E-state index in [9.17, 15) is 15.0 Å². The first-order chi connectivity index (χ1) is 15.4. The zero-order chi connectivity index (χ0) is 22.8. The van der Waals surface area contributed by atoms with Gasteiger partial charge in [0.15, 0.2) is 29.4 Å². The highest BCUT2D eigenvalue weighted by atomic mass is 16.6. The van der Waals surface area contributed by atoms with Crippen LogP contribution < -0.4 is 5.48 Å². The third-order valence-corrected chi connectivity index (χ3v) is 5.05. The van der Waals surface area contributed by atoms with Crippen molar-refractivity contribution in [2.75, 3.05) is 19.6 Å². The molecule has 0 unspecified atom stereocenters. The van der Waals surface area contributed by atoms with E-state index >= 15 is 0 Å². The summed E-state index contributed by atoms with van der Waals surface area (Å²) < 4.78 is 7.20. The van der Waals surface area contributed by atoms with Crippen molar-refractivity contribution in [1.82, 2.24) is 24.4 Å². The van der Waals surface area contributed by atoms with Crippen LogP contribution in [0.15, 0.2) is 30.6 Å². The average molecular weight is 438 g/mol. The molecule has 0 spiro atoms. The first kappa shape index (κ1) is 21.7. The Bertz CT molecular complexity index is 1190. The van der Waals surface area contributed by atoms with E-state index < -0.39 is 24.7 Å². The van der Waals surface area contributed by atoms with Gasteiger partial charge < -0.3 is 19.8 Å². The molecule has 1 aromatic carbocycles. The fraction of sp³-hybridized carbons (Fsp3) is 0.333. The van der Waals surface area contributed by atoms with E-state index in [1.165, 1.54) is 25.1 Å². The number of rotatable bonds is 5. The van der Waals surface area contributed by atoms with E-state index in [-0.39, 0.29) is 11.6 Å². The van der Waals surface area contributed by atoms with Crippen LogP contribution in [0.5, 0.6) is 0 Å². The standard InChI is InChI=1S/C21H22N6O5/c1-12-4-6-13(7-5-12)8-9-14-23-18(25-31-3)15-19(24-14)27(10-22-15)21-17(30)16(29)20(32-21)26(2)11-28/h4-7,10-11,16-17,20-21,29-30H,1-3H3,(H,23,24,25)/t16-,17+,20-,21+/m0/s1. The van der Waals surface area contributed by atoms with E-state index in [0.717, 1.165) is 16.0 Å². The minimum absolute atomic E-state index is 0.189. The molecule has 0 aliphatic carbocycles. The Morgan fingerprint density at radius 3 is 2.66 bits per heavy atom. The van der Waals surface area contributed by atoms with Crippen LogP contribution in [-0.2, 0) is 14.4 Å². The molecule has 11 heteroatoms. The van der Waals surface area contributed by atoms with Gasteiger partial charge in [-0.1, -0.05) is 23.6 Å². The maximum atomic E-state index is 11.1. The van der Waals surface area contributed by atoms with Crippen molar-refractivity contribution >= 4 is 23.4 Å². The molecule has 0 bridgehead atoms. The summed E-state index contributed by atoms with van der Waals surface area (Å²) >= 11 is 0. The van der Waals surface area contributed by atoms with E-state index in [0.29, 0.717) is 17.6 Å². The number of imidazole rings is 1. The second-order valence-electron chi connectivity index (χ2n) is 7.31. The van der Waals surface area contributed by atoms with Crippen molar-refractivity contribution in [1.29, 1.82) is 0 Å². The van der Waals surface area contributed by atoms with E-state index in [2.05, 4.69) is 32.3 Å². The molecule has 1 aliphatic rings. The van der Waals surface area contributed by atoms with Gasteiger partial charge in [-0.2, -0.15) is 4.98 Å². The van der Waals surface area contributed by atoms with Gasteiger partial charge >= 0.3 is 0 Å². The Hall–Kier alpha value is -3.56. The molecule has 4 rings (SSSR count). The number of hydrogen-bond acceptors (Lipinski definition) is 9. The molecule has 166 valence electrons. The van der Waals surface area contributed by atoms with Crippen LogP contribution in [0.4, 0.5) is 5.82 Å². The molecule has 3 aromatic rings. The Balaban J connectivity index is 1.75. The number of nitrogens with one attached hydrogen (secondary N) is 1. The Kier molecular flexibility index (Phi) is 6.02. The highest BCUT2D eigenvalue weighted by Crippen LogP contribution is 2.33. The smallest absolute Gasteiger partial charge is 0.211 e. The monoisotopic (exact) mass is 438 g/mol. The number of carbonyl (C=O) groups is 1. The van der Waals surface area contributed by atoms with Crippen LogP contribution in [0.25, 0.3) is 11.2 Å². The molecule has 1 fully saturated rings. The molecule has 3 heterocycles. The number of amides is 1. The van der Waals surface area contributed by atoms with E-state index in [1.54, 1.807) is 0 Å². The van der Waals surface area contributed by atoms with Crippen LogP contribution in [-0.4, -0.2) is 73.6 Å². The Morgan fingerprint density at radius 2 is 1.97 bits per heavy atom. The second kappa shape index (κ2) is 8.89. The fourth-order valence-electron chi connectivity index (χ4n) is 3.36. The summed E-state index contributed by atoms with van der Waals surface area (Å²) in [5.74, 6) is 6.39. The number of benzene rings is 1. The van der Waals surface area contributed by atoms with Gasteiger partial charge in [-0.25, -0.2) is 15.4 Å². The number of likely N-dealkylation sites (N-methyl/N-ethyl adjacent to an activating group) is 1. The van der Waals surface area contributed by atoms with Crippen molar-refractivity contribution < 1.29 is 24.6 Å². The zero-order valence-electron chi connectivity index (χ0n) is 17.6. The van der Waals surface area contributed by atoms with Gasteiger partial charge in [-0.05, 0) is 25.0 Å². The van der Waals surface area contributed by atoms with Gasteiger partial charge in [-0.15, -0.1) is 0 Å². The Morgan fingerprint density at radius 1 is 1.22 bits per heavy atom. The first-order valence-corrected chi connectivity index (χ1v) is 9.74. The zero-order valence-corrected chi connectivity index (χ0v) is 17.6. The number of nitrogens with zero attached hydrogens (tertiary/aromatic N) is 5. The number of fused-ring (bicyclic) bond motifs is 1. The number of hydrogen-bond donors (Lipinski definition) is 3. The fourth-order valence-corrected chi connectivity index (χ4v) is 3.36. The highest BCUT2D eigenvalue weighted by Gasteiger charge is 2.46. The van der Waals surface area contributed by atoms with Gasteiger partial charge in [0.25, 0.3) is 0 Å². The van der Waals surface area contributed by atoms with Crippen LogP contribution in [0.1, 0.15) is 23.2 Å². The quantitative estimate of drug-likeness (QED) is 0.289. The molecule has 1 aliphatic heterocycles. The third kappa shape index (κ3) is 4.00. The SMILES string of the molecule is CONc1nc(C#Cc2ccc(C)cc2)nc2c1ncn2[C@@H]1O[C@H](N(C)C=O)[C@@H](O)[C@H]1O. The van der Waals surface area contributed by atoms with Crippen LogP contribution in [0.2, 0.25) is 0 Å². The van der Waals surface area contributed by atoms with Crippen LogP contribution >= 0.6 is 0 Å². The molecular formula is C21H22N6O5. The van der Waals surface area contributed by atoms with Crippen LogP contribution in [0.3, 0.4) is 0 Å². The number of carbonyl (C=O) groups excluding carboxylic acids is 1. The highest BCUT2D eigenvalue weighted by molar-refractivity contribution is 5.83. The van der Waals surface area contributed by atoms with Gasteiger partial charge in [-0.3, -0.25) is 14.2 Å². The molecule has 0 saturated carbocycles. The Labute approximate surface area is 183 Å². The molecule has 0 radical (unpaired) electrons. The summed E-state index contributed by atoms with van der Waals surface area (Å²) in [5.41, 5.74) is 5.23. The predicted molar refractivity (Wildman–Crippen MR) is 113 cm³/mol. The lowest BCUT2D eigenvalue weighted by molar-refractivity contribution is -0.138. The topological polar surface area (TPSA) is 135 Å². The lowest BCUT2D eigenvalue weighted by atomic mass is 10.1. The number of aromatic nitrogens is 4. The number of ether oxygens (including phenoxy) is 1. The summed E-state index contributed by atoms with van der Waals surface area (Å²) in [5, 5.41) is 20.9. The van der Waals surface area contributed by atoms with Gasteiger partial charge in [0.05, 0.1) is 13.4 Å². The predicted octanol–water partition coefficient (Wildman–Crippen LogP) is 0.173. The minimum atomic E-state index is -1.32. The maximum Gasteiger partial charge on any atom is 0.211 e.